The lowest BCUT2D eigenvalue weighted by Crippen LogP contribution is -2.43. The van der Waals surface area contributed by atoms with Gasteiger partial charge < -0.3 is 15.8 Å². The summed E-state index contributed by atoms with van der Waals surface area (Å²) in [6.07, 6.45) is 6.04. The molecule has 1 aliphatic carbocycles. The molecule has 1 unspecified atom stereocenters. The zero-order valence-electron chi connectivity index (χ0n) is 14.2. The summed E-state index contributed by atoms with van der Waals surface area (Å²) in [4.78, 5) is 17.1. The van der Waals surface area contributed by atoms with E-state index < -0.39 is 0 Å². The zero-order valence-corrected chi connectivity index (χ0v) is 15.0. The number of hydrogen-bond donors (Lipinski definition) is 2. The predicted octanol–water partition coefficient (Wildman–Crippen LogP) is 3.21. The first kappa shape index (κ1) is 16.5. The number of fused-ring (bicyclic) bond motifs is 1. The first-order valence-electron chi connectivity index (χ1n) is 8.92. The first-order chi connectivity index (χ1) is 12.2. The van der Waals surface area contributed by atoms with Crippen molar-refractivity contribution in [3.8, 4) is 5.75 Å². The van der Waals surface area contributed by atoms with Gasteiger partial charge in [0.15, 0.2) is 0 Å². The molecule has 4 rings (SSSR count). The average molecular weight is 357 g/mol. The van der Waals surface area contributed by atoms with Gasteiger partial charge in [-0.3, -0.25) is 4.79 Å². The number of ether oxygens (including phenoxy) is 1. The van der Waals surface area contributed by atoms with Gasteiger partial charge in [-0.25, -0.2) is 4.98 Å². The van der Waals surface area contributed by atoms with Crippen LogP contribution in [0.2, 0.25) is 0 Å². The highest BCUT2D eigenvalue weighted by Crippen LogP contribution is 2.47. The fraction of sp³-hybridized carbons (Fsp3) is 0.474. The molecule has 1 aromatic carbocycles. The summed E-state index contributed by atoms with van der Waals surface area (Å²) in [5.41, 5.74) is 6.99. The van der Waals surface area contributed by atoms with E-state index in [4.69, 9.17) is 10.5 Å². The fourth-order valence-corrected chi connectivity index (χ4v) is 4.75. The van der Waals surface area contributed by atoms with Gasteiger partial charge in [0.1, 0.15) is 17.0 Å². The molecule has 3 N–H and O–H groups in total. The molecular weight excluding hydrogens is 334 g/mol. The number of rotatable bonds is 4. The molecule has 132 valence electrons. The molecule has 1 saturated carbocycles. The molecule has 1 aromatic heterocycles. The molecule has 5 nitrogen and oxygen atoms in total. The summed E-state index contributed by atoms with van der Waals surface area (Å²) in [6.45, 7) is 0.546. The summed E-state index contributed by atoms with van der Waals surface area (Å²) < 4.78 is 6.36. The largest absolute Gasteiger partial charge is 0.487 e. The third-order valence-corrected chi connectivity index (χ3v) is 6.07. The molecule has 0 bridgehead atoms. The molecule has 1 atom stereocenters. The van der Waals surface area contributed by atoms with Gasteiger partial charge in [-0.2, -0.15) is 0 Å². The summed E-state index contributed by atoms with van der Waals surface area (Å²) in [5.74, 6) is 0.789. The van der Waals surface area contributed by atoms with E-state index in [1.807, 2.05) is 29.6 Å². The van der Waals surface area contributed by atoms with Crippen molar-refractivity contribution in [2.24, 2.45) is 5.73 Å². The van der Waals surface area contributed by atoms with Crippen LogP contribution >= 0.6 is 11.3 Å². The van der Waals surface area contributed by atoms with Gasteiger partial charge in [0, 0.05) is 23.8 Å². The van der Waals surface area contributed by atoms with Crippen molar-refractivity contribution in [3.63, 3.8) is 0 Å². The highest BCUT2D eigenvalue weighted by atomic mass is 32.1. The molecule has 2 heterocycles. The maximum atomic E-state index is 12.7. The third-order valence-electron chi connectivity index (χ3n) is 5.16. The van der Waals surface area contributed by atoms with Gasteiger partial charge in [-0.15, -0.1) is 11.3 Å². The Hall–Kier alpha value is -1.92. The van der Waals surface area contributed by atoms with Gasteiger partial charge in [0.25, 0.3) is 5.91 Å². The van der Waals surface area contributed by atoms with Crippen molar-refractivity contribution in [2.45, 2.75) is 50.2 Å². The average Bonchev–Trinajstić information content (AvgIpc) is 3.25. The second-order valence-electron chi connectivity index (χ2n) is 6.93. The highest BCUT2D eigenvalue weighted by molar-refractivity contribution is 7.09. The Kier molecular flexibility index (Phi) is 4.48. The SMILES string of the molecule is NCCc1nc(C(=O)NC2CC3(CCCC3)Oc3ccccc32)cs1. The van der Waals surface area contributed by atoms with E-state index in [-0.39, 0.29) is 17.6 Å². The first-order valence-corrected chi connectivity index (χ1v) is 9.80. The van der Waals surface area contributed by atoms with E-state index in [9.17, 15) is 4.79 Å². The standard InChI is InChI=1S/C19H23N3O2S/c20-10-7-17-21-15(12-25-17)18(23)22-14-11-19(8-3-4-9-19)24-16-6-2-1-5-13(14)16/h1-2,5-6,12,14H,3-4,7-11,20H2,(H,22,23). The maximum Gasteiger partial charge on any atom is 0.271 e. The number of para-hydroxylation sites is 1. The number of benzene rings is 1. The molecule has 25 heavy (non-hydrogen) atoms. The Morgan fingerprint density at radius 3 is 2.96 bits per heavy atom. The van der Waals surface area contributed by atoms with Crippen LogP contribution in [0, 0.1) is 0 Å². The predicted molar refractivity (Wildman–Crippen MR) is 98.0 cm³/mol. The third kappa shape index (κ3) is 3.28. The van der Waals surface area contributed by atoms with Gasteiger partial charge in [0.2, 0.25) is 0 Å². The number of hydrogen-bond acceptors (Lipinski definition) is 5. The molecule has 1 amide bonds. The molecule has 0 radical (unpaired) electrons. The number of nitrogens with two attached hydrogens (primary N) is 1. The number of nitrogens with zero attached hydrogens (tertiary/aromatic N) is 1. The molecular formula is C19H23N3O2S. The van der Waals surface area contributed by atoms with E-state index in [0.717, 1.165) is 35.6 Å². The van der Waals surface area contributed by atoms with Crippen LogP contribution in [0.3, 0.4) is 0 Å². The summed E-state index contributed by atoms with van der Waals surface area (Å²) >= 11 is 1.49. The fourth-order valence-electron chi connectivity index (χ4n) is 3.96. The van der Waals surface area contributed by atoms with Gasteiger partial charge in [0.05, 0.1) is 11.0 Å². The van der Waals surface area contributed by atoms with E-state index >= 15 is 0 Å². The van der Waals surface area contributed by atoms with Crippen LogP contribution in [0.5, 0.6) is 5.75 Å². The number of thiazole rings is 1. The molecule has 1 spiro atoms. The zero-order chi connectivity index (χ0) is 17.3. The second kappa shape index (κ2) is 6.77. The van der Waals surface area contributed by atoms with Crippen LogP contribution in [-0.2, 0) is 6.42 Å². The molecule has 0 saturated heterocycles. The molecule has 6 heteroatoms. The molecule has 2 aliphatic rings. The quantitative estimate of drug-likeness (QED) is 0.881. The van der Waals surface area contributed by atoms with Crippen molar-refractivity contribution < 1.29 is 9.53 Å². The maximum absolute atomic E-state index is 12.7. The van der Waals surface area contributed by atoms with Crippen LogP contribution in [0.4, 0.5) is 0 Å². The number of nitrogens with one attached hydrogen (secondary N) is 1. The highest BCUT2D eigenvalue weighted by Gasteiger charge is 2.43. The van der Waals surface area contributed by atoms with Gasteiger partial charge in [-0.05, 0) is 38.3 Å². The lowest BCUT2D eigenvalue weighted by molar-refractivity contribution is 0.0360. The van der Waals surface area contributed by atoms with E-state index in [0.29, 0.717) is 18.7 Å². The summed E-state index contributed by atoms with van der Waals surface area (Å²) in [7, 11) is 0. The molecule has 1 aliphatic heterocycles. The molecule has 1 fully saturated rings. The number of carbonyl (C=O) groups is 1. The van der Waals surface area contributed by atoms with Crippen molar-refractivity contribution in [1.29, 1.82) is 0 Å². The van der Waals surface area contributed by atoms with Crippen molar-refractivity contribution >= 4 is 17.2 Å². The van der Waals surface area contributed by atoms with Crippen LogP contribution in [-0.4, -0.2) is 23.0 Å². The minimum Gasteiger partial charge on any atom is -0.487 e. The Morgan fingerprint density at radius 2 is 2.16 bits per heavy atom. The van der Waals surface area contributed by atoms with E-state index in [1.54, 1.807) is 0 Å². The minimum absolute atomic E-state index is 0.0322. The lowest BCUT2D eigenvalue weighted by Gasteiger charge is -2.40. The van der Waals surface area contributed by atoms with E-state index in [2.05, 4.69) is 10.3 Å². The summed E-state index contributed by atoms with van der Waals surface area (Å²) in [6, 6.07) is 8.01. The van der Waals surface area contributed by atoms with Crippen molar-refractivity contribution in [1.82, 2.24) is 10.3 Å². The topological polar surface area (TPSA) is 77.2 Å². The number of amides is 1. The van der Waals surface area contributed by atoms with Crippen LogP contribution in [0.15, 0.2) is 29.6 Å². The Bertz CT molecular complexity index is 768. The van der Waals surface area contributed by atoms with E-state index in [1.165, 1.54) is 24.2 Å². The van der Waals surface area contributed by atoms with Crippen molar-refractivity contribution in [2.75, 3.05) is 6.54 Å². The van der Waals surface area contributed by atoms with Crippen LogP contribution in [0.1, 0.15) is 59.2 Å². The van der Waals surface area contributed by atoms with Crippen LogP contribution in [0.25, 0.3) is 0 Å². The number of aromatic nitrogens is 1. The van der Waals surface area contributed by atoms with Gasteiger partial charge in [-0.1, -0.05) is 18.2 Å². The van der Waals surface area contributed by atoms with Crippen molar-refractivity contribution in [3.05, 3.63) is 45.9 Å². The smallest absolute Gasteiger partial charge is 0.271 e. The second-order valence-corrected chi connectivity index (χ2v) is 7.87. The molecule has 2 aromatic rings. The van der Waals surface area contributed by atoms with Gasteiger partial charge >= 0.3 is 0 Å². The minimum atomic E-state index is -0.126. The summed E-state index contributed by atoms with van der Waals surface area (Å²) in [5, 5.41) is 5.92. The van der Waals surface area contributed by atoms with Crippen LogP contribution < -0.4 is 15.8 Å². The Morgan fingerprint density at radius 1 is 1.36 bits per heavy atom. The number of carbonyl (C=O) groups excluding carboxylic acids is 1. The monoisotopic (exact) mass is 357 g/mol. The Labute approximate surface area is 151 Å². The Balaban J connectivity index is 1.56. The normalized spacial score (nSPS) is 20.9. The lowest BCUT2D eigenvalue weighted by atomic mass is 9.86.